The van der Waals surface area contributed by atoms with Crippen molar-refractivity contribution in [2.45, 2.75) is 0 Å². The van der Waals surface area contributed by atoms with Crippen LogP contribution in [-0.4, -0.2) is 19.7 Å². The van der Waals surface area contributed by atoms with Gasteiger partial charge in [-0.3, -0.25) is 19.8 Å². The molecule has 8 heteroatoms. The van der Waals surface area contributed by atoms with E-state index in [2.05, 4.69) is 31.3 Å². The summed E-state index contributed by atoms with van der Waals surface area (Å²) in [7, 11) is 1.77. The molecule has 0 amide bonds. The third kappa shape index (κ3) is 2.41. The molecule has 2 aromatic heterocycles. The molecule has 0 atom stereocenters. The van der Waals surface area contributed by atoms with Gasteiger partial charge >= 0.3 is 5.69 Å². The average Bonchev–Trinajstić information content (AvgIpc) is 2.67. The van der Waals surface area contributed by atoms with E-state index in [1.165, 1.54) is 12.4 Å². The highest BCUT2D eigenvalue weighted by Crippen LogP contribution is 2.32. The lowest BCUT2D eigenvalue weighted by atomic mass is 10.3. The van der Waals surface area contributed by atoms with Gasteiger partial charge in [-0.05, 0) is 15.9 Å². The van der Waals surface area contributed by atoms with Crippen molar-refractivity contribution in [2.75, 3.05) is 5.32 Å². The van der Waals surface area contributed by atoms with Crippen LogP contribution in [0.5, 0.6) is 0 Å². The van der Waals surface area contributed by atoms with E-state index in [1.807, 2.05) is 0 Å². The zero-order valence-electron chi connectivity index (χ0n) is 8.79. The Morgan fingerprint density at radius 3 is 2.88 bits per heavy atom. The Labute approximate surface area is 105 Å². The first-order valence-corrected chi connectivity index (χ1v) is 5.42. The molecule has 0 aliphatic carbocycles. The molecule has 2 aromatic rings. The second kappa shape index (κ2) is 4.50. The summed E-state index contributed by atoms with van der Waals surface area (Å²) in [6, 6.07) is 1.72. The van der Waals surface area contributed by atoms with Crippen molar-refractivity contribution in [3.05, 3.63) is 39.2 Å². The normalized spacial score (nSPS) is 10.2. The van der Waals surface area contributed by atoms with Gasteiger partial charge in [-0.1, -0.05) is 0 Å². The first-order valence-electron chi connectivity index (χ1n) is 4.62. The van der Waals surface area contributed by atoms with Crippen LogP contribution in [0.25, 0.3) is 0 Å². The maximum atomic E-state index is 10.8. The number of pyridine rings is 1. The number of aromatic nitrogens is 3. The van der Waals surface area contributed by atoms with Crippen molar-refractivity contribution in [2.24, 2.45) is 7.05 Å². The van der Waals surface area contributed by atoms with Gasteiger partial charge in [0.25, 0.3) is 0 Å². The fourth-order valence-corrected chi connectivity index (χ4v) is 1.72. The second-order valence-corrected chi connectivity index (χ2v) is 4.13. The largest absolute Gasteiger partial charge is 0.332 e. The lowest BCUT2D eigenvalue weighted by Gasteiger charge is -2.05. The quantitative estimate of drug-likeness (QED) is 0.693. The van der Waals surface area contributed by atoms with Crippen LogP contribution in [-0.2, 0) is 7.05 Å². The monoisotopic (exact) mass is 297 g/mol. The highest BCUT2D eigenvalue weighted by molar-refractivity contribution is 9.10. The fraction of sp³-hybridized carbons (Fsp3) is 0.111. The molecule has 0 radical (unpaired) electrons. The minimum atomic E-state index is -0.497. The van der Waals surface area contributed by atoms with Crippen LogP contribution in [0.3, 0.4) is 0 Å². The van der Waals surface area contributed by atoms with Gasteiger partial charge in [0.05, 0.1) is 9.40 Å². The standard InChI is InChI=1S/C9H8BrN5O2/c1-14-3-2-8(13-14)12-9-6(10)4-11-5-7(9)15(16)17/h2-5H,1H3,(H,11,12,13). The molecule has 0 saturated carbocycles. The molecule has 0 aromatic carbocycles. The number of nitrogens with zero attached hydrogens (tertiary/aromatic N) is 4. The number of hydrogen-bond acceptors (Lipinski definition) is 5. The number of hydrogen-bond donors (Lipinski definition) is 1. The summed E-state index contributed by atoms with van der Waals surface area (Å²) in [6.45, 7) is 0. The first kappa shape index (κ1) is 11.5. The predicted molar refractivity (Wildman–Crippen MR) is 65.1 cm³/mol. The van der Waals surface area contributed by atoms with Crippen LogP contribution in [0.4, 0.5) is 17.2 Å². The van der Waals surface area contributed by atoms with E-state index in [9.17, 15) is 10.1 Å². The average molecular weight is 298 g/mol. The molecule has 88 valence electrons. The van der Waals surface area contributed by atoms with Crippen molar-refractivity contribution in [1.29, 1.82) is 0 Å². The topological polar surface area (TPSA) is 85.9 Å². The molecular weight excluding hydrogens is 290 g/mol. The van der Waals surface area contributed by atoms with E-state index in [-0.39, 0.29) is 5.69 Å². The molecule has 0 aliphatic rings. The second-order valence-electron chi connectivity index (χ2n) is 3.27. The number of anilines is 2. The smallest absolute Gasteiger partial charge is 0.311 e. The molecule has 0 saturated heterocycles. The Hall–Kier alpha value is -1.96. The Balaban J connectivity index is 2.40. The zero-order valence-corrected chi connectivity index (χ0v) is 10.4. The van der Waals surface area contributed by atoms with E-state index in [0.29, 0.717) is 16.0 Å². The molecule has 0 fully saturated rings. The Morgan fingerprint density at radius 2 is 2.29 bits per heavy atom. The highest BCUT2D eigenvalue weighted by Gasteiger charge is 2.17. The zero-order chi connectivity index (χ0) is 12.4. The summed E-state index contributed by atoms with van der Waals surface area (Å²) >= 11 is 3.22. The van der Waals surface area contributed by atoms with Gasteiger partial charge in [0.2, 0.25) is 0 Å². The number of rotatable bonds is 3. The van der Waals surface area contributed by atoms with Crippen LogP contribution in [0, 0.1) is 10.1 Å². The minimum Gasteiger partial charge on any atom is -0.332 e. The first-order chi connectivity index (χ1) is 8.08. The predicted octanol–water partition coefficient (Wildman–Crippen LogP) is 2.23. The number of nitrogens with one attached hydrogen (secondary N) is 1. The fourth-order valence-electron chi connectivity index (χ4n) is 1.30. The molecule has 0 unspecified atom stereocenters. The molecule has 17 heavy (non-hydrogen) atoms. The van der Waals surface area contributed by atoms with E-state index in [1.54, 1.807) is 24.0 Å². The van der Waals surface area contributed by atoms with Gasteiger partial charge in [-0.25, -0.2) is 0 Å². The van der Waals surface area contributed by atoms with Gasteiger partial charge in [-0.15, -0.1) is 0 Å². The minimum absolute atomic E-state index is 0.106. The lowest BCUT2D eigenvalue weighted by molar-refractivity contribution is -0.384. The summed E-state index contributed by atoms with van der Waals surface area (Å²) in [5.74, 6) is 0.530. The maximum absolute atomic E-state index is 10.8. The molecular formula is C9H8BrN5O2. The Kier molecular flexibility index (Phi) is 3.05. The SMILES string of the molecule is Cn1ccc(Nc2c(Br)cncc2[N+](=O)[O-])n1. The van der Waals surface area contributed by atoms with Crippen molar-refractivity contribution >= 4 is 33.1 Å². The summed E-state index contributed by atoms with van der Waals surface area (Å²) in [5.41, 5.74) is 0.230. The van der Waals surface area contributed by atoms with Gasteiger partial charge in [0.1, 0.15) is 11.9 Å². The summed E-state index contributed by atoms with van der Waals surface area (Å²) in [4.78, 5) is 14.1. The third-order valence-electron chi connectivity index (χ3n) is 2.04. The number of nitro groups is 1. The molecule has 1 N–H and O–H groups in total. The summed E-state index contributed by atoms with van der Waals surface area (Å²) in [6.07, 6.45) is 4.41. The van der Waals surface area contributed by atoms with E-state index < -0.39 is 4.92 Å². The molecule has 2 rings (SSSR count). The van der Waals surface area contributed by atoms with E-state index in [4.69, 9.17) is 0 Å². The highest BCUT2D eigenvalue weighted by atomic mass is 79.9. The van der Waals surface area contributed by atoms with Gasteiger partial charge in [0.15, 0.2) is 5.82 Å². The van der Waals surface area contributed by atoms with Gasteiger partial charge in [-0.2, -0.15) is 5.10 Å². The van der Waals surface area contributed by atoms with Crippen LogP contribution in [0.2, 0.25) is 0 Å². The summed E-state index contributed by atoms with van der Waals surface area (Å²) < 4.78 is 2.11. The molecule has 0 spiro atoms. The van der Waals surface area contributed by atoms with Crippen molar-refractivity contribution in [1.82, 2.24) is 14.8 Å². The van der Waals surface area contributed by atoms with Crippen molar-refractivity contribution < 1.29 is 4.92 Å². The van der Waals surface area contributed by atoms with Gasteiger partial charge in [0, 0.05) is 25.5 Å². The molecule has 0 bridgehead atoms. The lowest BCUT2D eigenvalue weighted by Crippen LogP contribution is -2.00. The number of aryl methyl sites for hydroxylation is 1. The van der Waals surface area contributed by atoms with Crippen LogP contribution >= 0.6 is 15.9 Å². The van der Waals surface area contributed by atoms with E-state index in [0.717, 1.165) is 0 Å². The third-order valence-corrected chi connectivity index (χ3v) is 2.64. The van der Waals surface area contributed by atoms with Crippen LogP contribution in [0.15, 0.2) is 29.1 Å². The molecule has 0 aliphatic heterocycles. The maximum Gasteiger partial charge on any atom is 0.311 e. The molecule has 7 nitrogen and oxygen atoms in total. The van der Waals surface area contributed by atoms with Gasteiger partial charge < -0.3 is 5.32 Å². The van der Waals surface area contributed by atoms with Crippen LogP contribution in [0.1, 0.15) is 0 Å². The number of halogens is 1. The summed E-state index contributed by atoms with van der Waals surface area (Å²) in [5, 5.41) is 17.8. The van der Waals surface area contributed by atoms with Crippen molar-refractivity contribution in [3.8, 4) is 0 Å². The van der Waals surface area contributed by atoms with Crippen molar-refractivity contribution in [3.63, 3.8) is 0 Å². The Morgan fingerprint density at radius 1 is 1.53 bits per heavy atom. The Bertz CT molecular complexity index is 568. The van der Waals surface area contributed by atoms with Crippen LogP contribution < -0.4 is 5.32 Å². The molecule has 2 heterocycles. The van der Waals surface area contributed by atoms with E-state index >= 15 is 0 Å².